The maximum atomic E-state index is 12.1. The Morgan fingerprint density at radius 3 is 2.54 bits per heavy atom. The predicted octanol–water partition coefficient (Wildman–Crippen LogP) is 2.76. The summed E-state index contributed by atoms with van der Waals surface area (Å²) < 4.78 is 12.2. The van der Waals surface area contributed by atoms with Crippen molar-refractivity contribution in [1.29, 1.82) is 0 Å². The van der Waals surface area contributed by atoms with Crippen molar-refractivity contribution in [2.75, 3.05) is 19.7 Å². The molecule has 0 unspecified atom stereocenters. The molecule has 0 aromatic carbocycles. The van der Waals surface area contributed by atoms with E-state index in [2.05, 4.69) is 5.10 Å². The number of carbonyl (C=O) groups excluding carboxylic acids is 1. The van der Waals surface area contributed by atoms with E-state index in [0.29, 0.717) is 32.5 Å². The molecule has 1 aliphatic heterocycles. The maximum Gasteiger partial charge on any atom is 0.410 e. The van der Waals surface area contributed by atoms with Gasteiger partial charge >= 0.3 is 17.7 Å². The Labute approximate surface area is 140 Å². The van der Waals surface area contributed by atoms with Gasteiger partial charge in [-0.3, -0.25) is 14.8 Å². The van der Waals surface area contributed by atoms with Crippen LogP contribution in [0.15, 0.2) is 6.20 Å². The molecule has 1 aromatic heterocycles. The van der Waals surface area contributed by atoms with Crippen LogP contribution in [-0.4, -0.2) is 51.0 Å². The minimum absolute atomic E-state index is 0.00315. The Morgan fingerprint density at radius 2 is 2.04 bits per heavy atom. The van der Waals surface area contributed by atoms with Crippen LogP contribution in [0.2, 0.25) is 0 Å². The topological polar surface area (TPSA) is 99.7 Å². The molecule has 9 heteroatoms. The molecule has 2 heterocycles. The van der Waals surface area contributed by atoms with Gasteiger partial charge in [-0.25, -0.2) is 4.79 Å². The summed E-state index contributed by atoms with van der Waals surface area (Å²) in [7, 11) is 0. The van der Waals surface area contributed by atoms with Gasteiger partial charge in [-0.05, 0) is 40.5 Å². The van der Waals surface area contributed by atoms with Crippen molar-refractivity contribution in [3.05, 3.63) is 16.3 Å². The summed E-state index contributed by atoms with van der Waals surface area (Å²) in [5.74, 6) is 0.0390. The molecule has 9 nitrogen and oxygen atoms in total. The van der Waals surface area contributed by atoms with Crippen LogP contribution in [0.1, 0.15) is 46.6 Å². The Balaban J connectivity index is 2.01. The molecule has 2 rings (SSSR count). The second-order valence-electron chi connectivity index (χ2n) is 6.69. The maximum absolute atomic E-state index is 12.1. The van der Waals surface area contributed by atoms with Crippen molar-refractivity contribution >= 4 is 11.8 Å². The molecule has 1 fully saturated rings. The van der Waals surface area contributed by atoms with E-state index in [-0.39, 0.29) is 23.7 Å². The zero-order valence-corrected chi connectivity index (χ0v) is 14.5. The van der Waals surface area contributed by atoms with Gasteiger partial charge in [0.15, 0.2) is 0 Å². The number of hydrogen-bond acceptors (Lipinski definition) is 6. The predicted molar refractivity (Wildman–Crippen MR) is 86.1 cm³/mol. The second kappa shape index (κ2) is 7.06. The van der Waals surface area contributed by atoms with E-state index < -0.39 is 10.5 Å². The molecule has 0 radical (unpaired) electrons. The van der Waals surface area contributed by atoms with Crippen molar-refractivity contribution in [2.45, 2.75) is 52.2 Å². The number of hydrogen-bond donors (Lipinski definition) is 0. The lowest BCUT2D eigenvalue weighted by Gasteiger charge is -2.33. The number of ether oxygens (including phenoxy) is 2. The highest BCUT2D eigenvalue weighted by molar-refractivity contribution is 5.68. The van der Waals surface area contributed by atoms with Crippen LogP contribution < -0.4 is 4.74 Å². The first-order valence-electron chi connectivity index (χ1n) is 8.05. The SMILES string of the molecule is CCOc1nn(C2CCN(C(=O)OC(C)(C)C)CC2)cc1[N+](=O)[O-]. The zero-order chi connectivity index (χ0) is 17.9. The second-order valence-corrected chi connectivity index (χ2v) is 6.69. The molecular weight excluding hydrogens is 316 g/mol. The van der Waals surface area contributed by atoms with Gasteiger partial charge in [0.05, 0.1) is 17.6 Å². The average molecular weight is 340 g/mol. The smallest absolute Gasteiger partial charge is 0.410 e. The van der Waals surface area contributed by atoms with Crippen LogP contribution in [0.3, 0.4) is 0 Å². The van der Waals surface area contributed by atoms with Gasteiger partial charge in [-0.2, -0.15) is 0 Å². The summed E-state index contributed by atoms with van der Waals surface area (Å²) in [4.78, 5) is 24.3. The van der Waals surface area contributed by atoms with Gasteiger partial charge in [0, 0.05) is 13.1 Å². The summed E-state index contributed by atoms with van der Waals surface area (Å²) >= 11 is 0. The van der Waals surface area contributed by atoms with Crippen molar-refractivity contribution in [1.82, 2.24) is 14.7 Å². The quantitative estimate of drug-likeness (QED) is 0.617. The number of aromatic nitrogens is 2. The fourth-order valence-corrected chi connectivity index (χ4v) is 2.56. The van der Waals surface area contributed by atoms with Crippen LogP contribution in [0.25, 0.3) is 0 Å². The average Bonchev–Trinajstić information content (AvgIpc) is 2.90. The molecule has 24 heavy (non-hydrogen) atoms. The summed E-state index contributed by atoms with van der Waals surface area (Å²) in [6, 6.07) is -0.00315. The van der Waals surface area contributed by atoms with Gasteiger partial charge in [0.2, 0.25) is 0 Å². The van der Waals surface area contributed by atoms with Gasteiger partial charge in [0.25, 0.3) is 0 Å². The van der Waals surface area contributed by atoms with E-state index in [1.54, 1.807) is 16.5 Å². The molecule has 0 saturated carbocycles. The Hall–Kier alpha value is -2.32. The first-order chi connectivity index (χ1) is 11.2. The molecule has 0 aliphatic carbocycles. The monoisotopic (exact) mass is 340 g/mol. The van der Waals surface area contributed by atoms with Crippen molar-refractivity contribution < 1.29 is 19.2 Å². The molecule has 1 saturated heterocycles. The molecule has 0 N–H and O–H groups in total. The highest BCUT2D eigenvalue weighted by Gasteiger charge is 2.30. The van der Waals surface area contributed by atoms with Crippen LogP contribution in [0, 0.1) is 10.1 Å². The van der Waals surface area contributed by atoms with Gasteiger partial charge in [-0.1, -0.05) is 0 Å². The van der Waals surface area contributed by atoms with E-state index in [4.69, 9.17) is 9.47 Å². The fraction of sp³-hybridized carbons (Fsp3) is 0.733. The van der Waals surface area contributed by atoms with E-state index in [9.17, 15) is 14.9 Å². The molecule has 0 atom stereocenters. The molecule has 1 amide bonds. The minimum Gasteiger partial charge on any atom is -0.472 e. The molecule has 1 aliphatic rings. The summed E-state index contributed by atoms with van der Waals surface area (Å²) in [5.41, 5.74) is -0.658. The molecule has 1 aromatic rings. The summed E-state index contributed by atoms with van der Waals surface area (Å²) in [6.45, 7) is 8.60. The largest absolute Gasteiger partial charge is 0.472 e. The highest BCUT2D eigenvalue weighted by Crippen LogP contribution is 2.30. The number of nitro groups is 1. The number of rotatable bonds is 4. The standard InChI is InChI=1S/C15H24N4O5/c1-5-23-13-12(19(21)22)10-18(16-13)11-6-8-17(9-7-11)14(20)24-15(2,3)4/h10-11H,5-9H2,1-4H3. The van der Waals surface area contributed by atoms with Crippen molar-refractivity contribution in [3.8, 4) is 5.88 Å². The first-order valence-corrected chi connectivity index (χ1v) is 8.05. The third kappa shape index (κ3) is 4.36. The number of amides is 1. The lowest BCUT2D eigenvalue weighted by molar-refractivity contribution is -0.386. The summed E-state index contributed by atoms with van der Waals surface area (Å²) in [5, 5.41) is 15.3. The number of nitrogens with zero attached hydrogens (tertiary/aromatic N) is 4. The van der Waals surface area contributed by atoms with Crippen molar-refractivity contribution in [2.24, 2.45) is 0 Å². The van der Waals surface area contributed by atoms with Crippen LogP contribution >= 0.6 is 0 Å². The lowest BCUT2D eigenvalue weighted by Crippen LogP contribution is -2.42. The number of likely N-dealkylation sites (tertiary alicyclic amines) is 1. The number of carbonyl (C=O) groups is 1. The highest BCUT2D eigenvalue weighted by atomic mass is 16.6. The third-order valence-corrected chi connectivity index (χ3v) is 3.65. The van der Waals surface area contributed by atoms with Crippen molar-refractivity contribution in [3.63, 3.8) is 0 Å². The lowest BCUT2D eigenvalue weighted by atomic mass is 10.1. The van der Waals surface area contributed by atoms with E-state index in [0.717, 1.165) is 0 Å². The first kappa shape index (κ1) is 18.0. The Morgan fingerprint density at radius 1 is 1.42 bits per heavy atom. The van der Waals surface area contributed by atoms with Gasteiger partial charge in [-0.15, -0.1) is 5.10 Å². The normalized spacial score (nSPS) is 16.1. The van der Waals surface area contributed by atoms with E-state index >= 15 is 0 Å². The molecule has 0 bridgehead atoms. The minimum atomic E-state index is -0.525. The molecule has 134 valence electrons. The van der Waals surface area contributed by atoms with Crippen LogP contribution in [-0.2, 0) is 4.74 Å². The third-order valence-electron chi connectivity index (χ3n) is 3.65. The molecular formula is C15H24N4O5. The summed E-state index contributed by atoms with van der Waals surface area (Å²) in [6.07, 6.45) is 2.38. The fourth-order valence-electron chi connectivity index (χ4n) is 2.56. The molecule has 0 spiro atoms. The van der Waals surface area contributed by atoms with Crippen LogP contribution in [0.5, 0.6) is 5.88 Å². The number of piperidine rings is 1. The van der Waals surface area contributed by atoms with Gasteiger partial charge in [0.1, 0.15) is 11.8 Å². The van der Waals surface area contributed by atoms with Gasteiger partial charge < -0.3 is 14.4 Å². The van der Waals surface area contributed by atoms with Crippen LogP contribution in [0.4, 0.5) is 10.5 Å². The Kier molecular flexibility index (Phi) is 5.30. The van der Waals surface area contributed by atoms with E-state index in [1.165, 1.54) is 6.20 Å². The Bertz CT molecular complexity index is 599. The van der Waals surface area contributed by atoms with E-state index in [1.807, 2.05) is 20.8 Å². The zero-order valence-electron chi connectivity index (χ0n) is 14.5.